The number of carbonyl (C=O) groups excluding carboxylic acids is 2. The Morgan fingerprint density at radius 3 is 2.26 bits per heavy atom. The molecule has 2 N–H and O–H groups in total. The number of nitrogens with one attached hydrogen (secondary N) is 1. The molecule has 0 aliphatic rings. The fourth-order valence-electron chi connectivity index (χ4n) is 2.66. The highest BCUT2D eigenvalue weighted by Gasteiger charge is 2.12. The number of Topliss-reactive ketones (excluding diaryl/α,β-unsaturated/α-hetero) is 1. The van der Waals surface area contributed by atoms with E-state index in [-0.39, 0.29) is 36.7 Å². The summed E-state index contributed by atoms with van der Waals surface area (Å²) in [5.41, 5.74) is 2.79. The summed E-state index contributed by atoms with van der Waals surface area (Å²) in [7, 11) is 1.50. The Morgan fingerprint density at radius 1 is 0.963 bits per heavy atom. The summed E-state index contributed by atoms with van der Waals surface area (Å²) in [5, 5.41) is 11.8. The molecule has 6 heteroatoms. The van der Waals surface area contributed by atoms with Gasteiger partial charge < -0.3 is 15.2 Å². The van der Waals surface area contributed by atoms with Gasteiger partial charge in [0.2, 0.25) is 5.91 Å². The van der Waals surface area contributed by atoms with Gasteiger partial charge in [0, 0.05) is 31.2 Å². The van der Waals surface area contributed by atoms with Gasteiger partial charge in [-0.05, 0) is 35.7 Å². The number of aryl methyl sites for hydroxylation is 1. The van der Waals surface area contributed by atoms with Crippen molar-refractivity contribution in [3.63, 3.8) is 0 Å². The quantitative estimate of drug-likeness (QED) is 0.658. The van der Waals surface area contributed by atoms with E-state index in [1.54, 1.807) is 18.2 Å². The molecule has 0 heterocycles. The van der Waals surface area contributed by atoms with Crippen LogP contribution in [-0.4, -0.2) is 29.9 Å². The summed E-state index contributed by atoms with van der Waals surface area (Å²) in [6, 6.07) is 11.9. The van der Waals surface area contributed by atoms with Gasteiger partial charge >= 0.3 is 5.97 Å². The van der Waals surface area contributed by atoms with Gasteiger partial charge in [0.25, 0.3) is 0 Å². The smallest absolute Gasteiger partial charge is 0.335 e. The van der Waals surface area contributed by atoms with Crippen molar-refractivity contribution in [3.8, 4) is 0 Å². The van der Waals surface area contributed by atoms with Gasteiger partial charge in [0.05, 0.1) is 12.2 Å². The highest BCUT2D eigenvalue weighted by molar-refractivity contribution is 6.00. The average Bonchev–Trinajstić information content (AvgIpc) is 2.66. The molecule has 0 spiro atoms. The molecule has 2 rings (SSSR count). The third-order valence-electron chi connectivity index (χ3n) is 4.10. The zero-order valence-electron chi connectivity index (χ0n) is 15.5. The minimum Gasteiger partial charge on any atom is -0.478 e. The third kappa shape index (κ3) is 6.04. The van der Waals surface area contributed by atoms with Crippen LogP contribution >= 0.6 is 0 Å². The molecule has 0 aliphatic carbocycles. The largest absolute Gasteiger partial charge is 0.478 e. The topological polar surface area (TPSA) is 92.7 Å². The summed E-state index contributed by atoms with van der Waals surface area (Å²) in [6.45, 7) is 2.27. The molecule has 0 atom stereocenters. The van der Waals surface area contributed by atoms with Crippen LogP contribution in [0.1, 0.15) is 51.6 Å². The van der Waals surface area contributed by atoms with Crippen LogP contribution in [0, 0.1) is 0 Å². The van der Waals surface area contributed by atoms with Gasteiger partial charge in [0.15, 0.2) is 5.78 Å². The lowest BCUT2D eigenvalue weighted by atomic mass is 10.0. The molecule has 0 aromatic heterocycles. The van der Waals surface area contributed by atoms with E-state index in [0.717, 1.165) is 12.0 Å². The summed E-state index contributed by atoms with van der Waals surface area (Å²) in [4.78, 5) is 35.6. The van der Waals surface area contributed by atoms with E-state index in [2.05, 4.69) is 5.32 Å². The lowest BCUT2D eigenvalue weighted by Gasteiger charge is -2.09. The number of amides is 1. The predicted octanol–water partition coefficient (Wildman–Crippen LogP) is 3.70. The standard InChI is InChI=1S/C21H23NO5/c1-3-14-4-6-16(7-5-14)19(23)8-9-20(24)22-18-11-15(13-27-2)10-17(12-18)21(25)26/h4-7,10-12H,3,8-9,13H2,1-2H3,(H,22,24)(H,25,26). The lowest BCUT2D eigenvalue weighted by Crippen LogP contribution is -2.14. The minimum absolute atomic E-state index is 0.0191. The summed E-state index contributed by atoms with van der Waals surface area (Å²) >= 11 is 0. The fourth-order valence-corrected chi connectivity index (χ4v) is 2.66. The second-order valence-corrected chi connectivity index (χ2v) is 6.18. The first-order valence-corrected chi connectivity index (χ1v) is 8.71. The van der Waals surface area contributed by atoms with E-state index in [9.17, 15) is 19.5 Å². The molecule has 0 radical (unpaired) electrons. The number of aromatic carboxylic acids is 1. The molecule has 0 saturated heterocycles. The zero-order valence-corrected chi connectivity index (χ0v) is 15.5. The molecule has 2 aromatic rings. The van der Waals surface area contributed by atoms with Crippen molar-refractivity contribution in [1.29, 1.82) is 0 Å². The van der Waals surface area contributed by atoms with E-state index in [0.29, 0.717) is 16.8 Å². The number of methoxy groups -OCH3 is 1. The SMILES string of the molecule is CCc1ccc(C(=O)CCC(=O)Nc2cc(COC)cc(C(=O)O)c2)cc1. The van der Waals surface area contributed by atoms with Gasteiger partial charge in [-0.3, -0.25) is 9.59 Å². The molecule has 142 valence electrons. The van der Waals surface area contributed by atoms with Gasteiger partial charge in [-0.1, -0.05) is 31.2 Å². The maximum Gasteiger partial charge on any atom is 0.335 e. The van der Waals surface area contributed by atoms with Crippen molar-refractivity contribution in [2.45, 2.75) is 32.8 Å². The van der Waals surface area contributed by atoms with Gasteiger partial charge in [-0.25, -0.2) is 4.79 Å². The van der Waals surface area contributed by atoms with Crippen LogP contribution in [0.3, 0.4) is 0 Å². The fraction of sp³-hybridized carbons (Fsp3) is 0.286. The second-order valence-electron chi connectivity index (χ2n) is 6.18. The monoisotopic (exact) mass is 369 g/mol. The molecule has 27 heavy (non-hydrogen) atoms. The number of carboxylic acid groups (broad SMARTS) is 1. The number of hydrogen-bond acceptors (Lipinski definition) is 4. The number of carbonyl (C=O) groups is 3. The van der Waals surface area contributed by atoms with E-state index < -0.39 is 5.97 Å². The number of anilines is 1. The molecule has 1 amide bonds. The average molecular weight is 369 g/mol. The van der Waals surface area contributed by atoms with E-state index >= 15 is 0 Å². The van der Waals surface area contributed by atoms with Crippen LogP contribution < -0.4 is 5.32 Å². The maximum atomic E-state index is 12.2. The van der Waals surface area contributed by atoms with Crippen molar-refractivity contribution in [2.24, 2.45) is 0 Å². The number of rotatable bonds is 9. The maximum absolute atomic E-state index is 12.2. The van der Waals surface area contributed by atoms with Crippen LogP contribution in [0.4, 0.5) is 5.69 Å². The second kappa shape index (κ2) is 9.64. The minimum atomic E-state index is -1.09. The van der Waals surface area contributed by atoms with Crippen LogP contribution in [0.15, 0.2) is 42.5 Å². The number of hydrogen-bond donors (Lipinski definition) is 2. The lowest BCUT2D eigenvalue weighted by molar-refractivity contribution is -0.116. The zero-order chi connectivity index (χ0) is 19.8. The van der Waals surface area contributed by atoms with Gasteiger partial charge in [-0.15, -0.1) is 0 Å². The van der Waals surface area contributed by atoms with Crippen molar-refractivity contribution in [1.82, 2.24) is 0 Å². The number of ether oxygens (including phenoxy) is 1. The molecule has 6 nitrogen and oxygen atoms in total. The Bertz CT molecular complexity index is 827. The highest BCUT2D eigenvalue weighted by atomic mass is 16.5. The molecule has 0 aliphatic heterocycles. The van der Waals surface area contributed by atoms with Crippen LogP contribution in [0.2, 0.25) is 0 Å². The molecule has 2 aromatic carbocycles. The first-order valence-electron chi connectivity index (χ1n) is 8.71. The van der Waals surface area contributed by atoms with Crippen LogP contribution in [0.5, 0.6) is 0 Å². The Kier molecular flexibility index (Phi) is 7.25. The molecule has 0 bridgehead atoms. The number of ketones is 1. The molecular weight excluding hydrogens is 346 g/mol. The predicted molar refractivity (Wildman–Crippen MR) is 102 cm³/mol. The molecule has 0 fully saturated rings. The first-order chi connectivity index (χ1) is 12.9. The molecule has 0 unspecified atom stereocenters. The Labute approximate surface area is 158 Å². The van der Waals surface area contributed by atoms with Crippen molar-refractivity contribution >= 4 is 23.3 Å². The van der Waals surface area contributed by atoms with E-state index in [4.69, 9.17) is 4.74 Å². The summed E-state index contributed by atoms with van der Waals surface area (Å²) in [5.74, 6) is -1.54. The van der Waals surface area contributed by atoms with Crippen molar-refractivity contribution < 1.29 is 24.2 Å². The molecule has 0 saturated carbocycles. The normalized spacial score (nSPS) is 10.4. The molecular formula is C21H23NO5. The Morgan fingerprint density at radius 2 is 1.67 bits per heavy atom. The van der Waals surface area contributed by atoms with Crippen LogP contribution in [-0.2, 0) is 22.6 Å². The van der Waals surface area contributed by atoms with Crippen LogP contribution in [0.25, 0.3) is 0 Å². The number of benzene rings is 2. The number of carboxylic acids is 1. The van der Waals surface area contributed by atoms with Gasteiger partial charge in [0.1, 0.15) is 0 Å². The Hall–Kier alpha value is -2.99. The van der Waals surface area contributed by atoms with Crippen molar-refractivity contribution in [2.75, 3.05) is 12.4 Å². The summed E-state index contributed by atoms with van der Waals surface area (Å²) in [6.07, 6.45) is 1.00. The Balaban J connectivity index is 1.98. The summed E-state index contributed by atoms with van der Waals surface area (Å²) < 4.78 is 5.02. The third-order valence-corrected chi connectivity index (χ3v) is 4.10. The van der Waals surface area contributed by atoms with E-state index in [1.165, 1.54) is 19.2 Å². The van der Waals surface area contributed by atoms with Crippen molar-refractivity contribution in [3.05, 3.63) is 64.7 Å². The highest BCUT2D eigenvalue weighted by Crippen LogP contribution is 2.17. The first kappa shape index (κ1) is 20.3. The van der Waals surface area contributed by atoms with Gasteiger partial charge in [-0.2, -0.15) is 0 Å². The van der Waals surface area contributed by atoms with E-state index in [1.807, 2.05) is 19.1 Å².